The highest BCUT2D eigenvalue weighted by Crippen LogP contribution is 2.17. The molecule has 0 aliphatic carbocycles. The van der Waals surface area contributed by atoms with Crippen LogP contribution in [-0.2, 0) is 26.8 Å². The van der Waals surface area contributed by atoms with Crippen LogP contribution in [0.4, 0.5) is 0 Å². The lowest BCUT2D eigenvalue weighted by Gasteiger charge is -2.06. The number of sulfone groups is 1. The Kier molecular flexibility index (Phi) is 6.11. The van der Waals surface area contributed by atoms with Crippen LogP contribution in [0.3, 0.4) is 0 Å². The fourth-order valence-electron chi connectivity index (χ4n) is 2.44. The van der Waals surface area contributed by atoms with Crippen molar-refractivity contribution in [3.63, 3.8) is 0 Å². The highest BCUT2D eigenvalue weighted by molar-refractivity contribution is 7.90. The number of aryl methyl sites for hydroxylation is 1. The Labute approximate surface area is 138 Å². The molecule has 0 spiro atoms. The van der Waals surface area contributed by atoms with Crippen LogP contribution in [0.25, 0.3) is 0 Å². The first-order chi connectivity index (χ1) is 11.0. The van der Waals surface area contributed by atoms with Crippen LogP contribution in [-0.4, -0.2) is 14.2 Å². The molecule has 122 valence electrons. The van der Waals surface area contributed by atoms with Gasteiger partial charge in [0.05, 0.1) is 10.6 Å². The first kappa shape index (κ1) is 17.4. The predicted molar refractivity (Wildman–Crippen MR) is 92.0 cm³/mol. The number of unbranched alkanes of at least 4 members (excludes halogenated alkanes) is 1. The number of carbonyl (C=O) groups excluding carboxylic acids is 1. The second-order valence-electron chi connectivity index (χ2n) is 5.80. The predicted octanol–water partition coefficient (Wildman–Crippen LogP) is 3.96. The van der Waals surface area contributed by atoms with E-state index in [1.165, 1.54) is 5.56 Å². The van der Waals surface area contributed by atoms with Gasteiger partial charge in [-0.15, -0.1) is 0 Å². The molecule has 0 saturated carbocycles. The third-order valence-electron chi connectivity index (χ3n) is 3.73. The maximum atomic E-state index is 12.3. The lowest BCUT2D eigenvalue weighted by Crippen LogP contribution is -2.04. The molecule has 0 unspecified atom stereocenters. The Morgan fingerprint density at radius 3 is 2.09 bits per heavy atom. The van der Waals surface area contributed by atoms with Crippen molar-refractivity contribution >= 4 is 15.6 Å². The van der Waals surface area contributed by atoms with E-state index in [1.54, 1.807) is 37.3 Å². The zero-order chi connectivity index (χ0) is 16.7. The molecule has 2 aromatic carbocycles. The van der Waals surface area contributed by atoms with Gasteiger partial charge in [0.25, 0.3) is 0 Å². The molecule has 0 fully saturated rings. The van der Waals surface area contributed by atoms with Crippen molar-refractivity contribution < 1.29 is 13.2 Å². The maximum absolute atomic E-state index is 12.3. The standard InChI is InChI=1S/C19H22O3S/c1-16(20)7-5-6-8-17-11-13-18(14-12-17)15-23(21,22)19-9-3-2-4-10-19/h2-4,9-14H,5-8,15H2,1H3. The third kappa shape index (κ3) is 5.64. The SMILES string of the molecule is CC(=O)CCCCc1ccc(CS(=O)(=O)c2ccccc2)cc1. The van der Waals surface area contributed by atoms with E-state index in [4.69, 9.17) is 0 Å². The van der Waals surface area contributed by atoms with E-state index in [0.717, 1.165) is 24.8 Å². The zero-order valence-corrected chi connectivity index (χ0v) is 14.2. The van der Waals surface area contributed by atoms with E-state index < -0.39 is 9.84 Å². The van der Waals surface area contributed by atoms with Crippen LogP contribution >= 0.6 is 0 Å². The summed E-state index contributed by atoms with van der Waals surface area (Å²) in [6.45, 7) is 1.61. The maximum Gasteiger partial charge on any atom is 0.182 e. The molecule has 2 aromatic rings. The number of carbonyl (C=O) groups is 1. The fourth-order valence-corrected chi connectivity index (χ4v) is 3.81. The van der Waals surface area contributed by atoms with E-state index in [2.05, 4.69) is 0 Å². The Morgan fingerprint density at radius 2 is 1.48 bits per heavy atom. The Bertz CT molecular complexity index is 732. The van der Waals surface area contributed by atoms with Gasteiger partial charge in [0.1, 0.15) is 5.78 Å². The molecule has 0 aromatic heterocycles. The number of hydrogen-bond donors (Lipinski definition) is 0. The average Bonchev–Trinajstić information content (AvgIpc) is 2.53. The van der Waals surface area contributed by atoms with Gasteiger partial charge in [-0.1, -0.05) is 42.5 Å². The van der Waals surface area contributed by atoms with Crippen molar-refractivity contribution in [2.24, 2.45) is 0 Å². The van der Waals surface area contributed by atoms with E-state index in [9.17, 15) is 13.2 Å². The summed E-state index contributed by atoms with van der Waals surface area (Å²) < 4.78 is 24.7. The molecule has 0 amide bonds. The van der Waals surface area contributed by atoms with E-state index in [0.29, 0.717) is 11.3 Å². The summed E-state index contributed by atoms with van der Waals surface area (Å²) in [6, 6.07) is 16.2. The molecule has 0 heterocycles. The first-order valence-electron chi connectivity index (χ1n) is 7.82. The minimum atomic E-state index is -3.29. The summed E-state index contributed by atoms with van der Waals surface area (Å²) in [5.41, 5.74) is 1.97. The molecular formula is C19H22O3S. The van der Waals surface area contributed by atoms with Crippen molar-refractivity contribution in [2.75, 3.05) is 0 Å². The molecule has 3 nitrogen and oxygen atoms in total. The van der Waals surface area contributed by atoms with Crippen LogP contribution in [0.2, 0.25) is 0 Å². The number of Topliss-reactive ketones (excluding diaryl/α,β-unsaturated/α-hetero) is 1. The second-order valence-corrected chi connectivity index (χ2v) is 7.79. The number of ketones is 1. The fraction of sp³-hybridized carbons (Fsp3) is 0.316. The van der Waals surface area contributed by atoms with E-state index in [-0.39, 0.29) is 11.5 Å². The molecule has 0 aliphatic rings. The van der Waals surface area contributed by atoms with Crippen molar-refractivity contribution in [1.29, 1.82) is 0 Å². The van der Waals surface area contributed by atoms with Crippen LogP contribution < -0.4 is 0 Å². The van der Waals surface area contributed by atoms with Gasteiger partial charge in [-0.2, -0.15) is 0 Å². The Balaban J connectivity index is 1.93. The number of benzene rings is 2. The van der Waals surface area contributed by atoms with Crippen LogP contribution in [0, 0.1) is 0 Å². The van der Waals surface area contributed by atoms with E-state index in [1.807, 2.05) is 24.3 Å². The lowest BCUT2D eigenvalue weighted by molar-refractivity contribution is -0.117. The number of hydrogen-bond acceptors (Lipinski definition) is 3. The smallest absolute Gasteiger partial charge is 0.182 e. The quantitative estimate of drug-likeness (QED) is 0.688. The summed E-state index contributed by atoms with van der Waals surface area (Å²) in [6.07, 6.45) is 3.42. The van der Waals surface area contributed by atoms with Crippen LogP contribution in [0.5, 0.6) is 0 Å². The van der Waals surface area contributed by atoms with Gasteiger partial charge in [0.2, 0.25) is 0 Å². The van der Waals surface area contributed by atoms with E-state index >= 15 is 0 Å². The van der Waals surface area contributed by atoms with Crippen molar-refractivity contribution in [3.05, 3.63) is 65.7 Å². The summed E-state index contributed by atoms with van der Waals surface area (Å²) >= 11 is 0. The molecule has 0 radical (unpaired) electrons. The molecule has 4 heteroatoms. The Morgan fingerprint density at radius 1 is 0.870 bits per heavy atom. The molecule has 0 bridgehead atoms. The minimum Gasteiger partial charge on any atom is -0.300 e. The highest BCUT2D eigenvalue weighted by Gasteiger charge is 2.14. The van der Waals surface area contributed by atoms with Gasteiger partial charge >= 0.3 is 0 Å². The largest absolute Gasteiger partial charge is 0.300 e. The summed E-state index contributed by atoms with van der Waals surface area (Å²) in [5.74, 6) is 0.244. The number of rotatable bonds is 8. The minimum absolute atomic E-state index is 0.0155. The van der Waals surface area contributed by atoms with Crippen molar-refractivity contribution in [2.45, 2.75) is 43.3 Å². The summed E-state index contributed by atoms with van der Waals surface area (Å²) in [5, 5.41) is 0. The molecule has 0 N–H and O–H groups in total. The molecule has 0 aliphatic heterocycles. The van der Waals surface area contributed by atoms with Gasteiger partial charge in [-0.05, 0) is 49.4 Å². The Hall–Kier alpha value is -1.94. The molecule has 0 atom stereocenters. The normalized spacial score (nSPS) is 11.3. The third-order valence-corrected chi connectivity index (χ3v) is 5.43. The van der Waals surface area contributed by atoms with Crippen LogP contribution in [0.1, 0.15) is 37.3 Å². The zero-order valence-electron chi connectivity index (χ0n) is 13.4. The van der Waals surface area contributed by atoms with Crippen molar-refractivity contribution in [1.82, 2.24) is 0 Å². The van der Waals surface area contributed by atoms with Gasteiger partial charge in [-0.3, -0.25) is 0 Å². The molecule has 23 heavy (non-hydrogen) atoms. The molecule has 2 rings (SSSR count). The van der Waals surface area contributed by atoms with Crippen molar-refractivity contribution in [3.8, 4) is 0 Å². The van der Waals surface area contributed by atoms with Gasteiger partial charge in [-0.25, -0.2) is 8.42 Å². The average molecular weight is 330 g/mol. The van der Waals surface area contributed by atoms with Gasteiger partial charge < -0.3 is 4.79 Å². The lowest BCUT2D eigenvalue weighted by atomic mass is 10.0. The van der Waals surface area contributed by atoms with Gasteiger partial charge in [0, 0.05) is 6.42 Å². The molecular weight excluding hydrogens is 308 g/mol. The summed E-state index contributed by atoms with van der Waals surface area (Å²) in [7, 11) is -3.29. The monoisotopic (exact) mass is 330 g/mol. The van der Waals surface area contributed by atoms with Crippen LogP contribution in [0.15, 0.2) is 59.5 Å². The second kappa shape index (κ2) is 8.06. The first-order valence-corrected chi connectivity index (χ1v) is 9.48. The van der Waals surface area contributed by atoms with Gasteiger partial charge in [0.15, 0.2) is 9.84 Å². The topological polar surface area (TPSA) is 51.2 Å². The molecule has 0 saturated heterocycles. The summed E-state index contributed by atoms with van der Waals surface area (Å²) in [4.78, 5) is 11.2. The highest BCUT2D eigenvalue weighted by atomic mass is 32.2.